The Morgan fingerprint density at radius 1 is 0.935 bits per heavy atom. The van der Waals surface area contributed by atoms with E-state index in [4.69, 9.17) is 24.5 Å². The van der Waals surface area contributed by atoms with E-state index < -0.39 is 11.9 Å². The van der Waals surface area contributed by atoms with Crippen molar-refractivity contribution in [3.05, 3.63) is 60.4 Å². The highest BCUT2D eigenvalue weighted by Crippen LogP contribution is 2.18. The number of nitrogens with zero attached hydrogens (tertiary/aromatic N) is 3. The highest BCUT2D eigenvalue weighted by Gasteiger charge is 2.15. The zero-order valence-corrected chi connectivity index (χ0v) is 16.8. The molecule has 1 aromatic heterocycles. The molecule has 9 heteroatoms. The van der Waals surface area contributed by atoms with Gasteiger partial charge in [0.25, 0.3) is 0 Å². The van der Waals surface area contributed by atoms with Crippen LogP contribution in [0, 0.1) is 0 Å². The predicted octanol–water partition coefficient (Wildman–Crippen LogP) is 1.62. The van der Waals surface area contributed by atoms with Gasteiger partial charge in [0, 0.05) is 19.3 Å². The summed E-state index contributed by atoms with van der Waals surface area (Å²) in [4.78, 5) is 32.6. The van der Waals surface area contributed by atoms with Crippen molar-refractivity contribution in [3.63, 3.8) is 0 Å². The molecular formula is C22H23N3O6. The highest BCUT2D eigenvalue weighted by molar-refractivity contribution is 6.27. The van der Waals surface area contributed by atoms with E-state index in [2.05, 4.69) is 40.3 Å². The number of hydrogen-bond donors (Lipinski definition) is 2. The number of aliphatic carboxylic acids is 2. The van der Waals surface area contributed by atoms with Crippen molar-refractivity contribution in [2.45, 2.75) is 6.42 Å². The molecule has 162 valence electrons. The number of fused-ring (bicyclic) bond motifs is 1. The fourth-order valence-electron chi connectivity index (χ4n) is 3.19. The van der Waals surface area contributed by atoms with Crippen LogP contribution in [0.4, 0.5) is 0 Å². The van der Waals surface area contributed by atoms with E-state index >= 15 is 0 Å². The molecule has 1 saturated heterocycles. The summed E-state index contributed by atoms with van der Waals surface area (Å²) in [5.74, 6) is -3.45. The molecule has 4 rings (SSSR count). The Morgan fingerprint density at radius 3 is 2.29 bits per heavy atom. The van der Waals surface area contributed by atoms with Crippen LogP contribution in [-0.2, 0) is 25.5 Å². The lowest BCUT2D eigenvalue weighted by atomic mass is 10.1. The van der Waals surface area contributed by atoms with Crippen LogP contribution < -0.4 is 0 Å². The summed E-state index contributed by atoms with van der Waals surface area (Å²) in [6.07, 6.45) is 2.29. The SMILES string of the molecule is O=C(Cc1ccn(-c2ccc3ccccc3c2)n1)CN1CCOCC1.O=C(O)C(=O)O. The first kappa shape index (κ1) is 22.1. The van der Waals surface area contributed by atoms with Crippen LogP contribution in [0.3, 0.4) is 0 Å². The minimum absolute atomic E-state index is 0.200. The first-order chi connectivity index (χ1) is 14.9. The van der Waals surface area contributed by atoms with E-state index in [1.54, 1.807) is 0 Å². The topological polar surface area (TPSA) is 122 Å². The van der Waals surface area contributed by atoms with E-state index in [1.165, 1.54) is 10.8 Å². The molecule has 2 aromatic carbocycles. The maximum Gasteiger partial charge on any atom is 0.414 e. The maximum absolute atomic E-state index is 12.3. The minimum atomic E-state index is -1.82. The number of Topliss-reactive ketones (excluding diaryl/α,β-unsaturated/α-hetero) is 1. The molecule has 2 heterocycles. The van der Waals surface area contributed by atoms with Gasteiger partial charge in [-0.15, -0.1) is 0 Å². The Hall–Kier alpha value is -3.56. The molecule has 2 N–H and O–H groups in total. The first-order valence-electron chi connectivity index (χ1n) is 9.74. The lowest BCUT2D eigenvalue weighted by molar-refractivity contribution is -0.159. The Bertz CT molecular complexity index is 1060. The third kappa shape index (κ3) is 6.46. The molecule has 0 spiro atoms. The molecule has 0 radical (unpaired) electrons. The summed E-state index contributed by atoms with van der Waals surface area (Å²) in [6.45, 7) is 3.56. The average molecular weight is 425 g/mol. The van der Waals surface area contributed by atoms with Gasteiger partial charge in [0.1, 0.15) is 0 Å². The molecule has 3 aromatic rings. The van der Waals surface area contributed by atoms with Crippen molar-refractivity contribution >= 4 is 28.5 Å². The minimum Gasteiger partial charge on any atom is -0.473 e. The van der Waals surface area contributed by atoms with Gasteiger partial charge in [0.2, 0.25) is 0 Å². The number of carbonyl (C=O) groups excluding carboxylic acids is 1. The molecule has 0 atom stereocenters. The summed E-state index contributed by atoms with van der Waals surface area (Å²) < 4.78 is 7.15. The van der Waals surface area contributed by atoms with Crippen LogP contribution in [0.15, 0.2) is 54.7 Å². The fourth-order valence-corrected chi connectivity index (χ4v) is 3.19. The van der Waals surface area contributed by atoms with Crippen LogP contribution in [0.2, 0.25) is 0 Å². The van der Waals surface area contributed by atoms with Gasteiger partial charge in [-0.2, -0.15) is 5.10 Å². The summed E-state index contributed by atoms with van der Waals surface area (Å²) >= 11 is 0. The van der Waals surface area contributed by atoms with Crippen LogP contribution in [0.25, 0.3) is 16.5 Å². The van der Waals surface area contributed by atoms with Crippen LogP contribution in [0.1, 0.15) is 5.69 Å². The lowest BCUT2D eigenvalue weighted by Gasteiger charge is -2.25. The van der Waals surface area contributed by atoms with Gasteiger partial charge < -0.3 is 14.9 Å². The Labute approximate surface area is 178 Å². The van der Waals surface area contributed by atoms with Gasteiger partial charge in [0.15, 0.2) is 5.78 Å². The van der Waals surface area contributed by atoms with Crippen LogP contribution >= 0.6 is 0 Å². The van der Waals surface area contributed by atoms with E-state index in [1.807, 2.05) is 29.1 Å². The number of benzene rings is 2. The summed E-state index contributed by atoms with van der Waals surface area (Å²) in [5.41, 5.74) is 1.82. The second-order valence-corrected chi connectivity index (χ2v) is 7.00. The van der Waals surface area contributed by atoms with E-state index in [0.29, 0.717) is 26.2 Å². The van der Waals surface area contributed by atoms with Crippen molar-refractivity contribution < 1.29 is 29.3 Å². The lowest BCUT2D eigenvalue weighted by Crippen LogP contribution is -2.39. The number of carboxylic acid groups (broad SMARTS) is 2. The number of carboxylic acids is 2. The molecule has 1 aliphatic heterocycles. The number of morpholine rings is 1. The molecule has 9 nitrogen and oxygen atoms in total. The number of hydrogen-bond acceptors (Lipinski definition) is 6. The molecule has 0 unspecified atom stereocenters. The quantitative estimate of drug-likeness (QED) is 0.592. The zero-order valence-electron chi connectivity index (χ0n) is 16.8. The molecule has 31 heavy (non-hydrogen) atoms. The standard InChI is InChI=1S/C20H21N3O2.C2H2O4/c24-20(15-22-9-11-25-12-10-22)14-18-7-8-23(21-18)19-6-5-16-3-1-2-4-17(16)13-19;3-1(4)2(5)6/h1-8,13H,9-12,14-15H2;(H,3,4)(H,5,6). The van der Waals surface area contributed by atoms with E-state index in [9.17, 15) is 4.79 Å². The van der Waals surface area contributed by atoms with Crippen molar-refractivity contribution in [1.82, 2.24) is 14.7 Å². The van der Waals surface area contributed by atoms with Crippen molar-refractivity contribution in [1.29, 1.82) is 0 Å². The molecule has 0 bridgehead atoms. The van der Waals surface area contributed by atoms with E-state index in [0.717, 1.165) is 24.5 Å². The summed E-state index contributed by atoms with van der Waals surface area (Å²) in [7, 11) is 0. The average Bonchev–Trinajstić information content (AvgIpc) is 3.22. The van der Waals surface area contributed by atoms with E-state index in [-0.39, 0.29) is 5.78 Å². The van der Waals surface area contributed by atoms with Crippen molar-refractivity contribution in [2.75, 3.05) is 32.8 Å². The second-order valence-electron chi connectivity index (χ2n) is 7.00. The van der Waals surface area contributed by atoms with Crippen LogP contribution in [0.5, 0.6) is 0 Å². The second kappa shape index (κ2) is 10.5. The number of ether oxygens (including phenoxy) is 1. The Kier molecular flexibility index (Phi) is 7.47. The number of carbonyl (C=O) groups is 3. The van der Waals surface area contributed by atoms with Gasteiger partial charge in [0.05, 0.1) is 37.6 Å². The van der Waals surface area contributed by atoms with Crippen LogP contribution in [-0.4, -0.2) is 75.5 Å². The molecule has 1 aliphatic rings. The predicted molar refractivity (Wildman–Crippen MR) is 112 cm³/mol. The monoisotopic (exact) mass is 425 g/mol. The smallest absolute Gasteiger partial charge is 0.414 e. The fraction of sp³-hybridized carbons (Fsp3) is 0.273. The van der Waals surface area contributed by atoms with Crippen molar-refractivity contribution in [2.24, 2.45) is 0 Å². The Balaban J connectivity index is 0.000000401. The Morgan fingerprint density at radius 2 is 1.61 bits per heavy atom. The van der Waals surface area contributed by atoms with Gasteiger partial charge in [-0.05, 0) is 29.0 Å². The normalized spacial score (nSPS) is 13.9. The largest absolute Gasteiger partial charge is 0.473 e. The van der Waals surface area contributed by atoms with Gasteiger partial charge in [-0.25, -0.2) is 14.3 Å². The van der Waals surface area contributed by atoms with Gasteiger partial charge in [-0.1, -0.05) is 30.3 Å². The number of aromatic nitrogens is 2. The van der Waals surface area contributed by atoms with Gasteiger partial charge in [-0.3, -0.25) is 9.69 Å². The molecule has 1 fully saturated rings. The molecule has 0 amide bonds. The highest BCUT2D eigenvalue weighted by atomic mass is 16.5. The number of rotatable bonds is 5. The zero-order chi connectivity index (χ0) is 22.2. The summed E-state index contributed by atoms with van der Waals surface area (Å²) in [6, 6.07) is 16.4. The number of ketones is 1. The molecular weight excluding hydrogens is 402 g/mol. The molecule has 0 aliphatic carbocycles. The van der Waals surface area contributed by atoms with Gasteiger partial charge >= 0.3 is 11.9 Å². The van der Waals surface area contributed by atoms with Crippen molar-refractivity contribution in [3.8, 4) is 5.69 Å². The first-order valence-corrected chi connectivity index (χ1v) is 9.74. The third-order valence-corrected chi connectivity index (χ3v) is 4.71. The molecule has 0 saturated carbocycles. The maximum atomic E-state index is 12.3. The third-order valence-electron chi connectivity index (χ3n) is 4.71. The summed E-state index contributed by atoms with van der Waals surface area (Å²) in [5, 5.41) is 21.7.